The van der Waals surface area contributed by atoms with Crippen molar-refractivity contribution in [2.45, 2.75) is 12.8 Å². The van der Waals surface area contributed by atoms with Crippen molar-refractivity contribution in [2.24, 2.45) is 0 Å². The number of aliphatic hydroxyl groups excluding tert-OH is 2. The summed E-state index contributed by atoms with van der Waals surface area (Å²) in [6, 6.07) is 4.98. The average molecular weight is 300 g/mol. The van der Waals surface area contributed by atoms with Crippen LogP contribution in [0.5, 0.6) is 0 Å². The summed E-state index contributed by atoms with van der Waals surface area (Å²) in [7, 11) is 1.60. The van der Waals surface area contributed by atoms with Crippen molar-refractivity contribution >= 4 is 18.1 Å². The summed E-state index contributed by atoms with van der Waals surface area (Å²) in [6.45, 7) is 0.607. The van der Waals surface area contributed by atoms with E-state index in [1.165, 1.54) is 9.63 Å². The fourth-order valence-corrected chi connectivity index (χ4v) is 1.81. The molecule has 7 heteroatoms. The number of hydrogen-bond donors (Lipinski definition) is 2. The second-order valence-corrected chi connectivity index (χ2v) is 4.68. The predicted octanol–water partition coefficient (Wildman–Crippen LogP) is 0.483. The van der Waals surface area contributed by atoms with Crippen LogP contribution in [0.1, 0.15) is 23.3 Å². The molecule has 1 amide bonds. The van der Waals surface area contributed by atoms with Gasteiger partial charge in [0.25, 0.3) is 5.91 Å². The number of carbonyl (C=O) groups excluding carboxylic acids is 1. The molecule has 0 atom stereocenters. The fraction of sp³-hybridized carbons (Fsp3) is 0.538. The van der Waals surface area contributed by atoms with E-state index in [-0.39, 0.29) is 25.7 Å². The lowest BCUT2D eigenvalue weighted by atomic mass is 10.3. The zero-order valence-corrected chi connectivity index (χ0v) is 12.3. The number of aliphatic hydroxyl groups is 2. The van der Waals surface area contributed by atoms with Crippen LogP contribution in [0.3, 0.4) is 0 Å². The second-order valence-electron chi connectivity index (χ2n) is 4.26. The van der Waals surface area contributed by atoms with Crippen LogP contribution < -0.4 is 4.84 Å². The molecule has 0 fully saturated rings. The lowest BCUT2D eigenvalue weighted by Gasteiger charge is -2.19. The summed E-state index contributed by atoms with van der Waals surface area (Å²) in [5.74, 6) is -0.270. The van der Waals surface area contributed by atoms with Gasteiger partial charge in [-0.2, -0.15) is 4.73 Å². The third kappa shape index (κ3) is 4.59. The average Bonchev–Trinajstić information content (AvgIpc) is 2.44. The summed E-state index contributed by atoms with van der Waals surface area (Å²) < 4.78 is 1.72. The molecule has 0 aliphatic carbocycles. The van der Waals surface area contributed by atoms with Crippen LogP contribution >= 0.6 is 12.2 Å². The molecule has 1 aromatic rings. The maximum atomic E-state index is 12.2. The van der Waals surface area contributed by atoms with Crippen molar-refractivity contribution in [3.05, 3.63) is 28.5 Å². The van der Waals surface area contributed by atoms with E-state index in [1.807, 2.05) is 0 Å². The first kappa shape index (κ1) is 16.6. The Balaban J connectivity index is 2.87. The van der Waals surface area contributed by atoms with Crippen molar-refractivity contribution in [2.75, 3.05) is 33.4 Å². The van der Waals surface area contributed by atoms with Gasteiger partial charge in [-0.3, -0.25) is 4.79 Å². The molecule has 1 heterocycles. The molecule has 2 N–H and O–H groups in total. The molecule has 20 heavy (non-hydrogen) atoms. The molecule has 0 aliphatic heterocycles. The first-order valence-corrected chi connectivity index (χ1v) is 6.85. The van der Waals surface area contributed by atoms with Crippen LogP contribution in [-0.2, 0) is 0 Å². The molecule has 0 saturated heterocycles. The predicted molar refractivity (Wildman–Crippen MR) is 77.1 cm³/mol. The summed E-state index contributed by atoms with van der Waals surface area (Å²) in [5.41, 5.74) is 0.317. The molecule has 0 unspecified atom stereocenters. The van der Waals surface area contributed by atoms with Crippen molar-refractivity contribution < 1.29 is 19.8 Å². The summed E-state index contributed by atoms with van der Waals surface area (Å²) in [5, 5.41) is 17.6. The molecule has 0 spiro atoms. The topological polar surface area (TPSA) is 74.9 Å². The largest absolute Gasteiger partial charge is 0.412 e. The van der Waals surface area contributed by atoms with Crippen molar-refractivity contribution in [1.82, 2.24) is 9.63 Å². The molecule has 0 saturated carbocycles. The van der Waals surface area contributed by atoms with Crippen LogP contribution in [0.2, 0.25) is 0 Å². The third-order valence-corrected chi connectivity index (χ3v) is 2.99. The molecular weight excluding hydrogens is 280 g/mol. The Kier molecular flexibility index (Phi) is 7.21. The maximum absolute atomic E-state index is 12.2. The van der Waals surface area contributed by atoms with Crippen molar-refractivity contribution in [1.29, 1.82) is 0 Å². The number of carbonyl (C=O) groups is 1. The standard InChI is InChI=1S/C13H20N2O4S/c1-14(7-9-17)13(18)11-5-4-6-12(20)15(11)19-10-3-2-8-16/h4-6,16-17H,2-3,7-10H2,1H3. The summed E-state index contributed by atoms with van der Waals surface area (Å²) >= 11 is 5.16. The molecule has 112 valence electrons. The minimum atomic E-state index is -0.270. The van der Waals surface area contributed by atoms with E-state index < -0.39 is 0 Å². The zero-order valence-electron chi connectivity index (χ0n) is 11.5. The normalized spacial score (nSPS) is 10.3. The van der Waals surface area contributed by atoms with E-state index >= 15 is 0 Å². The molecule has 1 rings (SSSR count). The van der Waals surface area contributed by atoms with Gasteiger partial charge in [-0.15, -0.1) is 0 Å². The minimum Gasteiger partial charge on any atom is -0.412 e. The Morgan fingerprint density at radius 3 is 2.75 bits per heavy atom. The molecule has 0 aliphatic rings. The monoisotopic (exact) mass is 300 g/mol. The molecule has 1 aromatic heterocycles. The van der Waals surface area contributed by atoms with Crippen LogP contribution in [0.4, 0.5) is 0 Å². The van der Waals surface area contributed by atoms with Crippen molar-refractivity contribution in [3.63, 3.8) is 0 Å². The Morgan fingerprint density at radius 2 is 2.10 bits per heavy atom. The Morgan fingerprint density at radius 1 is 1.35 bits per heavy atom. The van der Waals surface area contributed by atoms with Gasteiger partial charge in [-0.05, 0) is 25.0 Å². The molecular formula is C13H20N2O4S. The smallest absolute Gasteiger partial charge is 0.273 e. The van der Waals surface area contributed by atoms with Crippen LogP contribution in [0, 0.1) is 4.64 Å². The van der Waals surface area contributed by atoms with E-state index in [2.05, 4.69) is 0 Å². The SMILES string of the molecule is CN(CCO)C(=O)c1cccc(=S)n1OCCCCO. The third-order valence-electron chi connectivity index (χ3n) is 2.69. The van der Waals surface area contributed by atoms with E-state index in [4.69, 9.17) is 27.3 Å². The van der Waals surface area contributed by atoms with Gasteiger partial charge >= 0.3 is 0 Å². The second kappa shape index (κ2) is 8.68. The Labute approximate surface area is 123 Å². The summed E-state index contributed by atoms with van der Waals surface area (Å²) in [4.78, 5) is 19.1. The van der Waals surface area contributed by atoms with Gasteiger partial charge in [0.1, 0.15) is 16.9 Å². The lowest BCUT2D eigenvalue weighted by Crippen LogP contribution is -2.33. The van der Waals surface area contributed by atoms with Gasteiger partial charge in [-0.1, -0.05) is 18.3 Å². The van der Waals surface area contributed by atoms with Crippen LogP contribution in [0.25, 0.3) is 0 Å². The highest BCUT2D eigenvalue weighted by atomic mass is 32.1. The highest BCUT2D eigenvalue weighted by molar-refractivity contribution is 7.71. The van der Waals surface area contributed by atoms with Gasteiger partial charge in [0.05, 0.1) is 6.61 Å². The number of likely N-dealkylation sites (N-methyl/N-ethyl adjacent to an activating group) is 1. The Hall–Kier alpha value is -1.44. The van der Waals surface area contributed by atoms with Gasteiger partial charge < -0.3 is 20.0 Å². The molecule has 0 bridgehead atoms. The zero-order chi connectivity index (χ0) is 15.0. The van der Waals surface area contributed by atoms with Crippen LogP contribution in [-0.4, -0.2) is 59.2 Å². The van der Waals surface area contributed by atoms with E-state index in [0.717, 1.165) is 0 Å². The number of amides is 1. The van der Waals surface area contributed by atoms with E-state index in [1.54, 1.807) is 25.2 Å². The summed E-state index contributed by atoms with van der Waals surface area (Å²) in [6.07, 6.45) is 1.31. The highest BCUT2D eigenvalue weighted by Gasteiger charge is 2.16. The molecule has 0 aromatic carbocycles. The van der Waals surface area contributed by atoms with E-state index in [9.17, 15) is 4.79 Å². The van der Waals surface area contributed by atoms with Gasteiger partial charge in [0, 0.05) is 20.2 Å². The maximum Gasteiger partial charge on any atom is 0.273 e. The number of hydrogen-bond acceptors (Lipinski definition) is 5. The minimum absolute atomic E-state index is 0.104. The fourth-order valence-electron chi connectivity index (χ4n) is 1.58. The van der Waals surface area contributed by atoms with Gasteiger partial charge in [0.2, 0.25) is 0 Å². The quantitative estimate of drug-likeness (QED) is 0.540. The molecule has 6 nitrogen and oxygen atoms in total. The molecule has 0 radical (unpaired) electrons. The number of rotatable bonds is 8. The number of unbranched alkanes of at least 4 members (excludes halogenated alkanes) is 1. The highest BCUT2D eigenvalue weighted by Crippen LogP contribution is 2.05. The van der Waals surface area contributed by atoms with Crippen LogP contribution in [0.15, 0.2) is 18.2 Å². The lowest BCUT2D eigenvalue weighted by molar-refractivity contribution is 0.0631. The van der Waals surface area contributed by atoms with E-state index in [0.29, 0.717) is 29.8 Å². The first-order chi connectivity index (χ1) is 9.61. The number of pyridine rings is 1. The van der Waals surface area contributed by atoms with Gasteiger partial charge in [0.15, 0.2) is 0 Å². The number of nitrogens with zero attached hydrogens (tertiary/aromatic N) is 2. The number of aromatic nitrogens is 1. The first-order valence-electron chi connectivity index (χ1n) is 6.44. The van der Waals surface area contributed by atoms with Gasteiger partial charge in [-0.25, -0.2) is 0 Å². The van der Waals surface area contributed by atoms with Crippen molar-refractivity contribution in [3.8, 4) is 0 Å². The Bertz CT molecular complexity index is 490.